The maximum Gasteiger partial charge on any atom is 0.243 e. The highest BCUT2D eigenvalue weighted by Crippen LogP contribution is 2.12. The Kier molecular flexibility index (Phi) is 7.49. The summed E-state index contributed by atoms with van der Waals surface area (Å²) in [7, 11) is 0. The van der Waals surface area contributed by atoms with Crippen molar-refractivity contribution >= 4 is 18.1 Å². The van der Waals surface area contributed by atoms with Gasteiger partial charge >= 0.3 is 0 Å². The fourth-order valence-corrected chi connectivity index (χ4v) is 2.39. The van der Waals surface area contributed by atoms with E-state index < -0.39 is 5.92 Å². The molecule has 2 amide bonds. The summed E-state index contributed by atoms with van der Waals surface area (Å²) in [6.45, 7) is 2.00. The minimum Gasteiger partial charge on any atom is -0.290 e. The average Bonchev–Trinajstić information content (AvgIpc) is 3.20. The fraction of sp³-hybridized carbons (Fsp3) is 0.438. The summed E-state index contributed by atoms with van der Waals surface area (Å²) in [6.07, 6.45) is 10.0. The van der Waals surface area contributed by atoms with Gasteiger partial charge in [-0.05, 0) is 6.42 Å². The number of carbonyl (C=O) groups excluding carboxylic acids is 2. The standard InChI is InChI=1S/C16H23N7O3/c1-2-3-4-5-13(9-23(26)12-24)16(25)21-20-14-8-15(19-10-18-14)22-7-6-17-11-22/h6-8,10-13,26H,2-5,9H2,1H3,(H,21,25)(H,18,19,20)/t13-/m0/s1. The predicted octanol–water partition coefficient (Wildman–Crippen LogP) is 1.15. The summed E-state index contributed by atoms with van der Waals surface area (Å²) in [5.74, 6) is 0.140. The van der Waals surface area contributed by atoms with Crippen LogP contribution in [0.2, 0.25) is 0 Å². The van der Waals surface area contributed by atoms with E-state index in [1.54, 1.807) is 29.4 Å². The van der Waals surface area contributed by atoms with Gasteiger partial charge in [-0.15, -0.1) is 0 Å². The van der Waals surface area contributed by atoms with E-state index >= 15 is 0 Å². The molecule has 0 saturated heterocycles. The van der Waals surface area contributed by atoms with Crippen molar-refractivity contribution in [1.29, 1.82) is 0 Å². The number of nitrogens with one attached hydrogen (secondary N) is 2. The van der Waals surface area contributed by atoms with Gasteiger partial charge in [0.1, 0.15) is 24.3 Å². The lowest BCUT2D eigenvalue weighted by Gasteiger charge is -2.19. The quantitative estimate of drug-likeness (QED) is 0.237. The molecule has 0 bridgehead atoms. The first kappa shape index (κ1) is 19.3. The third kappa shape index (κ3) is 5.81. The number of nitrogens with zero attached hydrogens (tertiary/aromatic N) is 5. The Labute approximate surface area is 151 Å². The summed E-state index contributed by atoms with van der Waals surface area (Å²) in [4.78, 5) is 35.1. The molecule has 2 aromatic rings. The Morgan fingerprint density at radius 2 is 2.27 bits per heavy atom. The fourth-order valence-electron chi connectivity index (χ4n) is 2.39. The predicted molar refractivity (Wildman–Crippen MR) is 93.1 cm³/mol. The molecule has 2 rings (SSSR count). The number of hydroxylamine groups is 2. The maximum absolute atomic E-state index is 12.4. The molecule has 0 unspecified atom stereocenters. The molecule has 140 valence electrons. The van der Waals surface area contributed by atoms with Gasteiger partial charge in [0.15, 0.2) is 0 Å². The monoisotopic (exact) mass is 361 g/mol. The lowest BCUT2D eigenvalue weighted by Crippen LogP contribution is -2.40. The summed E-state index contributed by atoms with van der Waals surface area (Å²) >= 11 is 0. The van der Waals surface area contributed by atoms with Crippen LogP contribution in [0.5, 0.6) is 0 Å². The first-order valence-corrected chi connectivity index (χ1v) is 8.41. The molecule has 0 aliphatic heterocycles. The molecule has 0 fully saturated rings. The van der Waals surface area contributed by atoms with Crippen molar-refractivity contribution < 1.29 is 14.8 Å². The normalized spacial score (nSPS) is 11.6. The second kappa shape index (κ2) is 10.1. The maximum atomic E-state index is 12.4. The average molecular weight is 361 g/mol. The molecule has 26 heavy (non-hydrogen) atoms. The highest BCUT2D eigenvalue weighted by Gasteiger charge is 2.20. The summed E-state index contributed by atoms with van der Waals surface area (Å²) in [5, 5.41) is 9.88. The van der Waals surface area contributed by atoms with E-state index in [4.69, 9.17) is 0 Å². The molecule has 1 atom stereocenters. The number of carbonyl (C=O) groups is 2. The van der Waals surface area contributed by atoms with Crippen LogP contribution in [0.4, 0.5) is 5.82 Å². The van der Waals surface area contributed by atoms with E-state index in [1.807, 2.05) is 0 Å². The molecule has 0 aliphatic carbocycles. The Morgan fingerprint density at radius 3 is 2.96 bits per heavy atom. The largest absolute Gasteiger partial charge is 0.290 e. The van der Waals surface area contributed by atoms with Crippen LogP contribution in [0, 0.1) is 5.92 Å². The molecule has 0 aromatic carbocycles. The van der Waals surface area contributed by atoms with E-state index in [2.05, 4.69) is 32.7 Å². The van der Waals surface area contributed by atoms with Gasteiger partial charge < -0.3 is 0 Å². The molecule has 0 radical (unpaired) electrons. The first-order chi connectivity index (χ1) is 12.6. The minimum absolute atomic E-state index is 0.0647. The van der Waals surface area contributed by atoms with E-state index in [9.17, 15) is 14.8 Å². The van der Waals surface area contributed by atoms with Gasteiger partial charge in [0.2, 0.25) is 12.3 Å². The van der Waals surface area contributed by atoms with Crippen molar-refractivity contribution in [2.75, 3.05) is 12.0 Å². The minimum atomic E-state index is -0.529. The molecule has 10 heteroatoms. The molecule has 10 nitrogen and oxygen atoms in total. The molecular weight excluding hydrogens is 338 g/mol. The van der Waals surface area contributed by atoms with Crippen LogP contribution < -0.4 is 10.9 Å². The van der Waals surface area contributed by atoms with Gasteiger partial charge in [0.25, 0.3) is 0 Å². The Morgan fingerprint density at radius 1 is 1.42 bits per heavy atom. The highest BCUT2D eigenvalue weighted by atomic mass is 16.5. The Balaban J connectivity index is 1.95. The zero-order valence-corrected chi connectivity index (χ0v) is 14.6. The van der Waals surface area contributed by atoms with Crippen LogP contribution in [0.1, 0.15) is 32.6 Å². The second-order valence-corrected chi connectivity index (χ2v) is 5.77. The number of hydrogen-bond acceptors (Lipinski definition) is 7. The van der Waals surface area contributed by atoms with Crippen LogP contribution in [0.25, 0.3) is 5.82 Å². The van der Waals surface area contributed by atoms with Crippen LogP contribution >= 0.6 is 0 Å². The molecule has 0 spiro atoms. The molecule has 3 N–H and O–H groups in total. The SMILES string of the molecule is CCCCC[C@@H](CN(O)C=O)C(=O)NNc1cc(-n2ccnc2)ncn1. The summed E-state index contributed by atoms with van der Waals surface area (Å²) in [5.41, 5.74) is 5.31. The number of amides is 2. The Hall–Kier alpha value is -3.01. The highest BCUT2D eigenvalue weighted by molar-refractivity contribution is 5.80. The molecule has 0 saturated carbocycles. The number of hydrogen-bond donors (Lipinski definition) is 3. The number of anilines is 1. The van der Waals surface area contributed by atoms with Crippen LogP contribution in [0.3, 0.4) is 0 Å². The van der Waals surface area contributed by atoms with Crippen LogP contribution in [-0.4, -0.2) is 48.7 Å². The van der Waals surface area contributed by atoms with Gasteiger partial charge in [-0.25, -0.2) is 20.0 Å². The van der Waals surface area contributed by atoms with Crippen LogP contribution in [-0.2, 0) is 9.59 Å². The van der Waals surface area contributed by atoms with Gasteiger partial charge in [-0.3, -0.25) is 30.2 Å². The van der Waals surface area contributed by atoms with E-state index in [0.29, 0.717) is 23.1 Å². The lowest BCUT2D eigenvalue weighted by molar-refractivity contribution is -0.154. The van der Waals surface area contributed by atoms with Crippen molar-refractivity contribution in [3.63, 3.8) is 0 Å². The Bertz CT molecular complexity index is 693. The van der Waals surface area contributed by atoms with Gasteiger partial charge in [0.05, 0.1) is 12.5 Å². The van der Waals surface area contributed by atoms with Crippen molar-refractivity contribution in [2.24, 2.45) is 5.92 Å². The van der Waals surface area contributed by atoms with Crippen molar-refractivity contribution in [1.82, 2.24) is 30.0 Å². The summed E-state index contributed by atoms with van der Waals surface area (Å²) in [6, 6.07) is 1.65. The first-order valence-electron chi connectivity index (χ1n) is 8.41. The lowest BCUT2D eigenvalue weighted by atomic mass is 10.0. The molecular formula is C16H23N7O3. The van der Waals surface area contributed by atoms with Crippen molar-refractivity contribution in [2.45, 2.75) is 32.6 Å². The zero-order valence-electron chi connectivity index (χ0n) is 14.6. The number of rotatable bonds is 11. The van der Waals surface area contributed by atoms with Gasteiger partial charge in [-0.2, -0.15) is 0 Å². The third-order valence-electron chi connectivity index (χ3n) is 3.79. The molecule has 0 aliphatic rings. The second-order valence-electron chi connectivity index (χ2n) is 5.77. The number of unbranched alkanes of at least 4 members (excludes halogenated alkanes) is 2. The third-order valence-corrected chi connectivity index (χ3v) is 3.79. The molecule has 2 aromatic heterocycles. The van der Waals surface area contributed by atoms with E-state index in [1.165, 1.54) is 6.33 Å². The van der Waals surface area contributed by atoms with Crippen LogP contribution in [0.15, 0.2) is 31.1 Å². The van der Waals surface area contributed by atoms with Crippen molar-refractivity contribution in [3.8, 4) is 5.82 Å². The van der Waals surface area contributed by atoms with Gasteiger partial charge in [-0.1, -0.05) is 26.2 Å². The topological polar surface area (TPSA) is 125 Å². The zero-order chi connectivity index (χ0) is 18.8. The van der Waals surface area contributed by atoms with E-state index in [0.717, 1.165) is 19.3 Å². The van der Waals surface area contributed by atoms with Crippen molar-refractivity contribution in [3.05, 3.63) is 31.1 Å². The number of hydrazine groups is 1. The molecule has 2 heterocycles. The number of aromatic nitrogens is 4. The number of imidazole rings is 1. The van der Waals surface area contributed by atoms with Gasteiger partial charge in [0, 0.05) is 18.5 Å². The van der Waals surface area contributed by atoms with E-state index in [-0.39, 0.29) is 18.9 Å². The summed E-state index contributed by atoms with van der Waals surface area (Å²) < 4.78 is 1.70. The smallest absolute Gasteiger partial charge is 0.243 e.